The predicted molar refractivity (Wildman–Crippen MR) is 76.7 cm³/mol. The molecule has 5 nitrogen and oxygen atoms in total. The van der Waals surface area contributed by atoms with Crippen molar-refractivity contribution in [3.8, 4) is 0 Å². The first-order valence-corrected chi connectivity index (χ1v) is 6.14. The maximum Gasteiger partial charge on any atom is 0.407 e. The second-order valence-electron chi connectivity index (χ2n) is 5.21. The van der Waals surface area contributed by atoms with Crippen LogP contribution in [0, 0.1) is 6.92 Å². The average molecular weight is 263 g/mol. The van der Waals surface area contributed by atoms with Crippen LogP contribution in [0.3, 0.4) is 0 Å². The van der Waals surface area contributed by atoms with Crippen molar-refractivity contribution in [2.45, 2.75) is 33.3 Å². The molecular formula is C14H21N3O2. The summed E-state index contributed by atoms with van der Waals surface area (Å²) < 4.78 is 5.11. The molecule has 1 amide bonds. The number of pyridine rings is 1. The number of nitrogens with zero attached hydrogens (tertiary/aromatic N) is 1. The topological polar surface area (TPSA) is 77.2 Å². The van der Waals surface area contributed by atoms with Crippen molar-refractivity contribution in [1.82, 2.24) is 10.3 Å². The number of nitrogens with one attached hydrogen (secondary N) is 1. The molecule has 104 valence electrons. The molecule has 1 aromatic rings. The highest BCUT2D eigenvalue weighted by Gasteiger charge is 2.14. The molecule has 19 heavy (non-hydrogen) atoms. The summed E-state index contributed by atoms with van der Waals surface area (Å²) in [6, 6.07) is 1.85. The van der Waals surface area contributed by atoms with Crippen LogP contribution in [0.1, 0.15) is 32.0 Å². The van der Waals surface area contributed by atoms with Crippen LogP contribution in [0.4, 0.5) is 10.5 Å². The van der Waals surface area contributed by atoms with Crippen LogP contribution in [-0.2, 0) is 4.74 Å². The molecular weight excluding hydrogens is 242 g/mol. The minimum atomic E-state index is -0.490. The molecule has 0 fully saturated rings. The third-order valence-corrected chi connectivity index (χ3v) is 2.28. The molecule has 5 heteroatoms. The van der Waals surface area contributed by atoms with Gasteiger partial charge in [0, 0.05) is 12.7 Å². The Kier molecular flexibility index (Phi) is 4.92. The zero-order valence-electron chi connectivity index (χ0n) is 11.9. The summed E-state index contributed by atoms with van der Waals surface area (Å²) >= 11 is 0. The van der Waals surface area contributed by atoms with Gasteiger partial charge in [-0.15, -0.1) is 0 Å². The maximum absolute atomic E-state index is 11.4. The van der Waals surface area contributed by atoms with Crippen LogP contribution < -0.4 is 11.1 Å². The summed E-state index contributed by atoms with van der Waals surface area (Å²) in [6.45, 7) is 7.75. The molecule has 0 spiro atoms. The number of hydrogen-bond acceptors (Lipinski definition) is 4. The van der Waals surface area contributed by atoms with E-state index in [1.807, 2.05) is 33.8 Å². The van der Waals surface area contributed by atoms with E-state index in [0.717, 1.165) is 5.56 Å². The van der Waals surface area contributed by atoms with Gasteiger partial charge in [0.2, 0.25) is 0 Å². The molecule has 0 atom stereocenters. The number of aryl methyl sites for hydroxylation is 1. The first kappa shape index (κ1) is 15.0. The number of rotatable bonds is 3. The van der Waals surface area contributed by atoms with Gasteiger partial charge in [-0.3, -0.25) is 4.98 Å². The minimum absolute atomic E-state index is 0.365. The summed E-state index contributed by atoms with van der Waals surface area (Å²) in [7, 11) is 0. The Bertz CT molecular complexity index is 476. The van der Waals surface area contributed by atoms with Gasteiger partial charge in [-0.25, -0.2) is 4.79 Å². The zero-order chi connectivity index (χ0) is 14.5. The van der Waals surface area contributed by atoms with Gasteiger partial charge < -0.3 is 15.8 Å². The molecule has 0 bridgehead atoms. The first-order chi connectivity index (χ1) is 8.79. The number of ether oxygens (including phenoxy) is 1. The Morgan fingerprint density at radius 3 is 2.84 bits per heavy atom. The Hall–Kier alpha value is -2.04. The molecule has 0 aliphatic heterocycles. The number of carbonyl (C=O) groups is 1. The van der Waals surface area contributed by atoms with Crippen LogP contribution in [0.5, 0.6) is 0 Å². The van der Waals surface area contributed by atoms with E-state index in [1.165, 1.54) is 0 Å². The smallest absolute Gasteiger partial charge is 0.407 e. The van der Waals surface area contributed by atoms with Gasteiger partial charge in [0.25, 0.3) is 0 Å². The number of amides is 1. The van der Waals surface area contributed by atoms with Crippen LogP contribution in [0.2, 0.25) is 0 Å². The number of hydrogen-bond donors (Lipinski definition) is 2. The van der Waals surface area contributed by atoms with Crippen LogP contribution in [0.15, 0.2) is 18.3 Å². The fraction of sp³-hybridized carbons (Fsp3) is 0.429. The monoisotopic (exact) mass is 263 g/mol. The fourth-order valence-corrected chi connectivity index (χ4v) is 1.35. The molecule has 0 aromatic carbocycles. The molecule has 0 aliphatic carbocycles. The fourth-order valence-electron chi connectivity index (χ4n) is 1.35. The number of anilines is 1. The summed E-state index contributed by atoms with van der Waals surface area (Å²) in [5.74, 6) is 0. The van der Waals surface area contributed by atoms with Crippen molar-refractivity contribution < 1.29 is 9.53 Å². The lowest BCUT2D eigenvalue weighted by Gasteiger charge is -2.19. The number of nitrogen functional groups attached to an aromatic ring is 1. The van der Waals surface area contributed by atoms with Gasteiger partial charge >= 0.3 is 6.09 Å². The van der Waals surface area contributed by atoms with E-state index in [9.17, 15) is 4.79 Å². The van der Waals surface area contributed by atoms with Crippen molar-refractivity contribution >= 4 is 17.9 Å². The molecule has 1 heterocycles. The predicted octanol–water partition coefficient (Wildman–Crippen LogP) is 2.51. The summed E-state index contributed by atoms with van der Waals surface area (Å²) in [5.41, 5.74) is 7.72. The van der Waals surface area contributed by atoms with E-state index in [0.29, 0.717) is 17.9 Å². The van der Waals surface area contributed by atoms with E-state index in [2.05, 4.69) is 10.3 Å². The second kappa shape index (κ2) is 6.22. The van der Waals surface area contributed by atoms with Gasteiger partial charge in [-0.05, 0) is 45.4 Å². The number of aromatic nitrogens is 1. The standard InChI is InChI=1S/C14H21N3O2/c1-10-7-9-16-11(12(10)15)6-5-8-17-13(18)19-14(2,3)4/h5-7,9H,8,15H2,1-4H3,(H,17,18). The van der Waals surface area contributed by atoms with Gasteiger partial charge in [0.1, 0.15) is 5.60 Å². The Balaban J connectivity index is 2.47. The lowest BCUT2D eigenvalue weighted by molar-refractivity contribution is 0.0534. The molecule has 3 N–H and O–H groups in total. The van der Waals surface area contributed by atoms with Crippen molar-refractivity contribution in [3.05, 3.63) is 29.6 Å². The largest absolute Gasteiger partial charge is 0.444 e. The van der Waals surface area contributed by atoms with Crippen molar-refractivity contribution in [2.75, 3.05) is 12.3 Å². The van der Waals surface area contributed by atoms with Crippen molar-refractivity contribution in [1.29, 1.82) is 0 Å². The first-order valence-electron chi connectivity index (χ1n) is 6.14. The van der Waals surface area contributed by atoms with E-state index >= 15 is 0 Å². The summed E-state index contributed by atoms with van der Waals surface area (Å²) in [6.07, 6.45) is 4.82. The average Bonchev–Trinajstić information content (AvgIpc) is 2.27. The molecule has 0 saturated heterocycles. The van der Waals surface area contributed by atoms with Gasteiger partial charge in [-0.2, -0.15) is 0 Å². The highest BCUT2D eigenvalue weighted by Crippen LogP contribution is 2.14. The Morgan fingerprint density at radius 1 is 1.53 bits per heavy atom. The highest BCUT2D eigenvalue weighted by molar-refractivity contribution is 5.68. The van der Waals surface area contributed by atoms with E-state index in [-0.39, 0.29) is 0 Å². The van der Waals surface area contributed by atoms with E-state index in [4.69, 9.17) is 10.5 Å². The van der Waals surface area contributed by atoms with Crippen LogP contribution in [-0.4, -0.2) is 23.2 Å². The third-order valence-electron chi connectivity index (χ3n) is 2.28. The molecule has 0 aliphatic rings. The van der Waals surface area contributed by atoms with Gasteiger partial charge in [0.15, 0.2) is 0 Å². The maximum atomic E-state index is 11.4. The van der Waals surface area contributed by atoms with E-state index in [1.54, 1.807) is 18.3 Å². The molecule has 1 rings (SSSR count). The number of alkyl carbamates (subject to hydrolysis) is 1. The molecule has 0 saturated carbocycles. The normalized spacial score (nSPS) is 11.6. The van der Waals surface area contributed by atoms with E-state index < -0.39 is 11.7 Å². The number of nitrogens with two attached hydrogens (primary N) is 1. The van der Waals surface area contributed by atoms with Gasteiger partial charge in [-0.1, -0.05) is 6.08 Å². The second-order valence-corrected chi connectivity index (χ2v) is 5.21. The number of carbonyl (C=O) groups excluding carboxylic acids is 1. The lowest BCUT2D eigenvalue weighted by atomic mass is 10.2. The minimum Gasteiger partial charge on any atom is -0.444 e. The Morgan fingerprint density at radius 2 is 2.21 bits per heavy atom. The van der Waals surface area contributed by atoms with Gasteiger partial charge in [0.05, 0.1) is 11.4 Å². The van der Waals surface area contributed by atoms with Crippen LogP contribution in [0.25, 0.3) is 6.08 Å². The molecule has 1 aromatic heterocycles. The molecule has 0 unspecified atom stereocenters. The molecule has 0 radical (unpaired) electrons. The zero-order valence-corrected chi connectivity index (χ0v) is 11.9. The van der Waals surface area contributed by atoms with Crippen molar-refractivity contribution in [2.24, 2.45) is 0 Å². The SMILES string of the molecule is Cc1ccnc(C=CCNC(=O)OC(C)(C)C)c1N. The summed E-state index contributed by atoms with van der Waals surface area (Å²) in [5, 5.41) is 2.63. The third kappa shape index (κ3) is 5.42. The van der Waals surface area contributed by atoms with Crippen LogP contribution >= 0.6 is 0 Å². The van der Waals surface area contributed by atoms with Crippen molar-refractivity contribution in [3.63, 3.8) is 0 Å². The highest BCUT2D eigenvalue weighted by atomic mass is 16.6. The lowest BCUT2D eigenvalue weighted by Crippen LogP contribution is -2.32. The summed E-state index contributed by atoms with van der Waals surface area (Å²) in [4.78, 5) is 15.5. The quantitative estimate of drug-likeness (QED) is 0.878. The Labute approximate surface area is 113 Å².